The van der Waals surface area contributed by atoms with Gasteiger partial charge >= 0.3 is 5.97 Å². The number of methoxy groups -OCH3 is 2. The molecule has 0 radical (unpaired) electrons. The minimum Gasteiger partial charge on any atom is -0.495 e. The number of nitrogens with zero attached hydrogens (tertiary/aromatic N) is 2. The van der Waals surface area contributed by atoms with E-state index >= 15 is 0 Å². The summed E-state index contributed by atoms with van der Waals surface area (Å²) in [7, 11) is 3.13. The topological polar surface area (TPSA) is 53.4 Å². The molecule has 0 unspecified atom stereocenters. The van der Waals surface area contributed by atoms with Gasteiger partial charge in [-0.05, 0) is 37.7 Å². The van der Waals surface area contributed by atoms with Gasteiger partial charge < -0.3 is 14.0 Å². The molecule has 0 saturated heterocycles. The molecule has 1 aliphatic rings. The Morgan fingerprint density at radius 2 is 2.09 bits per heavy atom. The van der Waals surface area contributed by atoms with Crippen molar-refractivity contribution in [2.75, 3.05) is 14.2 Å². The van der Waals surface area contributed by atoms with Crippen LogP contribution in [0, 0.1) is 11.8 Å². The summed E-state index contributed by atoms with van der Waals surface area (Å²) < 4.78 is 12.4. The summed E-state index contributed by atoms with van der Waals surface area (Å²) in [5, 5.41) is 0. The van der Waals surface area contributed by atoms with Crippen LogP contribution in [-0.4, -0.2) is 29.7 Å². The Kier molecular flexibility index (Phi) is 4.32. The van der Waals surface area contributed by atoms with Gasteiger partial charge in [0.1, 0.15) is 5.75 Å². The largest absolute Gasteiger partial charge is 0.495 e. The molecule has 1 aliphatic carbocycles. The number of rotatable bonds is 4. The molecule has 118 valence electrons. The molecule has 2 aromatic rings. The van der Waals surface area contributed by atoms with E-state index in [1.807, 2.05) is 12.1 Å². The second-order valence-electron chi connectivity index (χ2n) is 5.99. The summed E-state index contributed by atoms with van der Waals surface area (Å²) in [5.74, 6) is 1.41. The third kappa shape index (κ3) is 2.93. The summed E-state index contributed by atoms with van der Waals surface area (Å²) >= 11 is 0. The third-order valence-corrected chi connectivity index (χ3v) is 4.67. The number of hydrogen-bond acceptors (Lipinski definition) is 4. The van der Waals surface area contributed by atoms with E-state index in [-0.39, 0.29) is 11.9 Å². The molecule has 0 aliphatic heterocycles. The predicted octanol–water partition coefficient (Wildman–Crippen LogP) is 3.02. The fourth-order valence-electron chi connectivity index (χ4n) is 3.34. The van der Waals surface area contributed by atoms with Crippen molar-refractivity contribution in [3.8, 4) is 5.75 Å². The Morgan fingerprint density at radius 1 is 1.32 bits per heavy atom. The molecule has 5 heteroatoms. The number of fused-ring (bicyclic) bond motifs is 1. The highest BCUT2D eigenvalue weighted by Crippen LogP contribution is 2.31. The molecule has 0 spiro atoms. The Balaban J connectivity index is 1.68. The van der Waals surface area contributed by atoms with Crippen LogP contribution in [0.5, 0.6) is 5.75 Å². The lowest BCUT2D eigenvalue weighted by Crippen LogP contribution is -2.24. The van der Waals surface area contributed by atoms with Gasteiger partial charge in [0.15, 0.2) is 0 Å². The van der Waals surface area contributed by atoms with E-state index in [0.717, 1.165) is 49.0 Å². The SMILES string of the molecule is COC(=O)C1CCC(Cn2ccc3ncc(OC)cc32)CC1. The Hall–Kier alpha value is -2.04. The van der Waals surface area contributed by atoms with Crippen molar-refractivity contribution in [3.63, 3.8) is 0 Å². The van der Waals surface area contributed by atoms with E-state index < -0.39 is 0 Å². The molecule has 0 aromatic carbocycles. The van der Waals surface area contributed by atoms with Crippen molar-refractivity contribution >= 4 is 17.0 Å². The number of ether oxygens (including phenoxy) is 2. The van der Waals surface area contributed by atoms with E-state index in [1.54, 1.807) is 13.3 Å². The molecule has 0 N–H and O–H groups in total. The lowest BCUT2D eigenvalue weighted by Gasteiger charge is -2.27. The van der Waals surface area contributed by atoms with Gasteiger partial charge in [-0.25, -0.2) is 0 Å². The summed E-state index contributed by atoms with van der Waals surface area (Å²) in [6, 6.07) is 4.07. The number of carbonyl (C=O) groups is 1. The van der Waals surface area contributed by atoms with E-state index in [2.05, 4.69) is 15.7 Å². The molecule has 0 atom stereocenters. The molecular weight excluding hydrogens is 280 g/mol. The minimum absolute atomic E-state index is 0.0567. The van der Waals surface area contributed by atoms with Gasteiger partial charge in [0.25, 0.3) is 0 Å². The van der Waals surface area contributed by atoms with Gasteiger partial charge in [-0.2, -0.15) is 0 Å². The molecule has 3 rings (SSSR count). The highest BCUT2D eigenvalue weighted by atomic mass is 16.5. The molecule has 22 heavy (non-hydrogen) atoms. The average molecular weight is 302 g/mol. The van der Waals surface area contributed by atoms with Gasteiger partial charge in [0.2, 0.25) is 0 Å². The fraction of sp³-hybridized carbons (Fsp3) is 0.529. The molecule has 2 aromatic heterocycles. The van der Waals surface area contributed by atoms with Gasteiger partial charge in [0.05, 0.1) is 37.4 Å². The first-order valence-electron chi connectivity index (χ1n) is 7.78. The summed E-state index contributed by atoms with van der Waals surface area (Å²) in [4.78, 5) is 16.0. The van der Waals surface area contributed by atoms with Crippen molar-refractivity contribution in [3.05, 3.63) is 24.5 Å². The molecule has 0 bridgehead atoms. The zero-order valence-corrected chi connectivity index (χ0v) is 13.1. The number of pyridine rings is 1. The second kappa shape index (κ2) is 6.38. The fourth-order valence-corrected chi connectivity index (χ4v) is 3.34. The summed E-state index contributed by atoms with van der Waals surface area (Å²) in [5.41, 5.74) is 2.10. The molecule has 1 fully saturated rings. The minimum atomic E-state index is -0.0567. The van der Waals surface area contributed by atoms with E-state index in [9.17, 15) is 4.79 Å². The van der Waals surface area contributed by atoms with Crippen LogP contribution in [0.2, 0.25) is 0 Å². The van der Waals surface area contributed by atoms with Crippen LogP contribution in [0.4, 0.5) is 0 Å². The van der Waals surface area contributed by atoms with Crippen LogP contribution in [-0.2, 0) is 16.1 Å². The maximum Gasteiger partial charge on any atom is 0.308 e. The molecule has 5 nitrogen and oxygen atoms in total. The van der Waals surface area contributed by atoms with Gasteiger partial charge in [0, 0.05) is 18.8 Å². The standard InChI is InChI=1S/C17H22N2O3/c1-21-14-9-16-15(18-10-14)7-8-19(16)11-12-3-5-13(6-4-12)17(20)22-2/h7-10,12-13H,3-6,11H2,1-2H3. The van der Waals surface area contributed by atoms with Crippen LogP contribution in [0.1, 0.15) is 25.7 Å². The lowest BCUT2D eigenvalue weighted by atomic mass is 9.82. The van der Waals surface area contributed by atoms with Gasteiger partial charge in [-0.3, -0.25) is 9.78 Å². The van der Waals surface area contributed by atoms with Gasteiger partial charge in [-0.1, -0.05) is 0 Å². The maximum absolute atomic E-state index is 11.6. The summed E-state index contributed by atoms with van der Waals surface area (Å²) in [6.07, 6.45) is 7.82. The van der Waals surface area contributed by atoms with Crippen LogP contribution in [0.15, 0.2) is 24.5 Å². The zero-order valence-electron chi connectivity index (χ0n) is 13.1. The first-order chi connectivity index (χ1) is 10.7. The monoisotopic (exact) mass is 302 g/mol. The van der Waals surface area contributed by atoms with Crippen molar-refractivity contribution in [2.45, 2.75) is 32.2 Å². The number of hydrogen-bond donors (Lipinski definition) is 0. The smallest absolute Gasteiger partial charge is 0.308 e. The number of carbonyl (C=O) groups excluding carboxylic acids is 1. The van der Waals surface area contributed by atoms with E-state index in [0.29, 0.717) is 5.92 Å². The first-order valence-corrected chi connectivity index (χ1v) is 7.78. The Labute approximate surface area is 130 Å². The van der Waals surface area contributed by atoms with Crippen molar-refractivity contribution in [1.82, 2.24) is 9.55 Å². The predicted molar refractivity (Wildman–Crippen MR) is 83.7 cm³/mol. The third-order valence-electron chi connectivity index (χ3n) is 4.67. The average Bonchev–Trinajstić information content (AvgIpc) is 2.97. The molecule has 2 heterocycles. The quantitative estimate of drug-likeness (QED) is 0.815. The second-order valence-corrected chi connectivity index (χ2v) is 5.99. The van der Waals surface area contributed by atoms with Crippen LogP contribution in [0.25, 0.3) is 11.0 Å². The van der Waals surface area contributed by atoms with Crippen LogP contribution >= 0.6 is 0 Å². The van der Waals surface area contributed by atoms with Crippen LogP contribution < -0.4 is 4.74 Å². The summed E-state index contributed by atoms with van der Waals surface area (Å²) in [6.45, 7) is 0.965. The van der Waals surface area contributed by atoms with Crippen molar-refractivity contribution < 1.29 is 14.3 Å². The number of esters is 1. The highest BCUT2D eigenvalue weighted by molar-refractivity contribution is 5.77. The van der Waals surface area contributed by atoms with E-state index in [1.165, 1.54) is 7.11 Å². The van der Waals surface area contributed by atoms with Gasteiger partial charge in [-0.15, -0.1) is 0 Å². The molecular formula is C17H22N2O3. The molecule has 1 saturated carbocycles. The van der Waals surface area contributed by atoms with Crippen LogP contribution in [0.3, 0.4) is 0 Å². The van der Waals surface area contributed by atoms with E-state index in [4.69, 9.17) is 9.47 Å². The van der Waals surface area contributed by atoms with Crippen molar-refractivity contribution in [2.24, 2.45) is 11.8 Å². The highest BCUT2D eigenvalue weighted by Gasteiger charge is 2.27. The molecule has 0 amide bonds. The first kappa shape index (κ1) is 14.9. The zero-order chi connectivity index (χ0) is 15.5. The lowest BCUT2D eigenvalue weighted by molar-refractivity contribution is -0.146. The number of aromatic nitrogens is 2. The normalized spacial score (nSPS) is 21.7. The Bertz CT molecular complexity index is 657. The Morgan fingerprint density at radius 3 is 2.77 bits per heavy atom. The maximum atomic E-state index is 11.6. The van der Waals surface area contributed by atoms with Crippen molar-refractivity contribution in [1.29, 1.82) is 0 Å².